The van der Waals surface area contributed by atoms with E-state index in [9.17, 15) is 14.7 Å². The first-order valence-corrected chi connectivity index (χ1v) is 7.44. The fourth-order valence-electron chi connectivity index (χ4n) is 2.34. The van der Waals surface area contributed by atoms with Crippen molar-refractivity contribution in [2.45, 2.75) is 25.3 Å². The number of aryl methyl sites for hydroxylation is 1. The number of carbonyl (C=O) groups is 2. The Kier molecular flexibility index (Phi) is 4.23. The van der Waals surface area contributed by atoms with E-state index in [1.165, 1.54) is 21.6 Å². The number of thioether (sulfide) groups is 1. The molecule has 1 fully saturated rings. The van der Waals surface area contributed by atoms with Gasteiger partial charge in [-0.15, -0.1) is 11.8 Å². The van der Waals surface area contributed by atoms with Crippen LogP contribution in [0.15, 0.2) is 24.3 Å². The highest BCUT2D eigenvalue weighted by molar-refractivity contribution is 8.00. The molecule has 1 aromatic carbocycles. The van der Waals surface area contributed by atoms with Crippen molar-refractivity contribution in [2.24, 2.45) is 0 Å². The second kappa shape index (κ2) is 5.75. The van der Waals surface area contributed by atoms with Gasteiger partial charge in [0.2, 0.25) is 0 Å². The Morgan fingerprint density at radius 3 is 2.65 bits per heavy atom. The number of para-hydroxylation sites is 1. The number of carboxylic acid groups (broad SMARTS) is 1. The van der Waals surface area contributed by atoms with Gasteiger partial charge in [-0.3, -0.25) is 9.80 Å². The Labute approximate surface area is 122 Å². The molecule has 5 nitrogen and oxygen atoms in total. The Balaban J connectivity index is 2.26. The fraction of sp³-hybridized carbons (Fsp3) is 0.429. The molecule has 0 bridgehead atoms. The Bertz CT molecular complexity index is 535. The van der Waals surface area contributed by atoms with E-state index in [0.717, 1.165) is 11.3 Å². The summed E-state index contributed by atoms with van der Waals surface area (Å²) >= 11 is 1.48. The summed E-state index contributed by atoms with van der Waals surface area (Å²) < 4.78 is 0. The summed E-state index contributed by atoms with van der Waals surface area (Å²) in [7, 11) is 1.68. The molecule has 20 heavy (non-hydrogen) atoms. The van der Waals surface area contributed by atoms with E-state index < -0.39 is 12.0 Å². The maximum Gasteiger partial charge on any atom is 0.327 e. The van der Waals surface area contributed by atoms with E-state index in [4.69, 9.17) is 0 Å². The van der Waals surface area contributed by atoms with Gasteiger partial charge < -0.3 is 5.11 Å². The molecule has 2 atom stereocenters. The maximum atomic E-state index is 12.6. The molecule has 1 aliphatic rings. The molecule has 6 heteroatoms. The number of carboxylic acids is 1. The molecule has 0 spiro atoms. The van der Waals surface area contributed by atoms with Crippen molar-refractivity contribution >= 4 is 29.4 Å². The van der Waals surface area contributed by atoms with Crippen molar-refractivity contribution in [3.8, 4) is 0 Å². The molecule has 2 rings (SSSR count). The molecule has 108 valence electrons. The minimum absolute atomic E-state index is 0.130. The van der Waals surface area contributed by atoms with E-state index in [0.29, 0.717) is 5.75 Å². The lowest BCUT2D eigenvalue weighted by atomic mass is 10.2. The topological polar surface area (TPSA) is 60.9 Å². The molecule has 0 radical (unpaired) electrons. The zero-order valence-electron chi connectivity index (χ0n) is 11.7. The smallest absolute Gasteiger partial charge is 0.327 e. The summed E-state index contributed by atoms with van der Waals surface area (Å²) in [6.45, 7) is 3.78. The molecular weight excluding hydrogens is 276 g/mol. The zero-order valence-corrected chi connectivity index (χ0v) is 12.6. The third-order valence-corrected chi connectivity index (χ3v) is 4.71. The van der Waals surface area contributed by atoms with Crippen molar-refractivity contribution in [1.82, 2.24) is 4.90 Å². The molecule has 0 aliphatic carbocycles. The van der Waals surface area contributed by atoms with Gasteiger partial charge >= 0.3 is 12.0 Å². The fourth-order valence-corrected chi connectivity index (χ4v) is 3.50. The van der Waals surface area contributed by atoms with Crippen LogP contribution >= 0.6 is 11.8 Å². The van der Waals surface area contributed by atoms with Crippen molar-refractivity contribution in [1.29, 1.82) is 0 Å². The first-order chi connectivity index (χ1) is 9.43. The van der Waals surface area contributed by atoms with Gasteiger partial charge in [0.25, 0.3) is 0 Å². The zero-order chi connectivity index (χ0) is 14.9. The van der Waals surface area contributed by atoms with E-state index in [-0.39, 0.29) is 11.4 Å². The van der Waals surface area contributed by atoms with Gasteiger partial charge in [0, 0.05) is 18.5 Å². The molecular formula is C14H18N2O3S. The number of rotatable bonds is 2. The van der Waals surface area contributed by atoms with Gasteiger partial charge in [0.15, 0.2) is 0 Å². The third-order valence-electron chi connectivity index (χ3n) is 3.49. The molecule has 1 saturated heterocycles. The van der Waals surface area contributed by atoms with Gasteiger partial charge in [-0.05, 0) is 25.5 Å². The summed E-state index contributed by atoms with van der Waals surface area (Å²) in [6.07, 6.45) is 0. The molecule has 2 amide bonds. The average molecular weight is 294 g/mol. The van der Waals surface area contributed by atoms with Crippen molar-refractivity contribution in [3.63, 3.8) is 0 Å². The Morgan fingerprint density at radius 2 is 2.05 bits per heavy atom. The summed E-state index contributed by atoms with van der Waals surface area (Å²) in [5, 5.41) is 9.10. The summed E-state index contributed by atoms with van der Waals surface area (Å²) in [5.74, 6) is -0.516. The minimum Gasteiger partial charge on any atom is -0.480 e. The maximum absolute atomic E-state index is 12.6. The highest BCUT2D eigenvalue weighted by Gasteiger charge is 2.41. The van der Waals surface area contributed by atoms with Crippen LogP contribution in [-0.2, 0) is 4.79 Å². The number of amides is 2. The van der Waals surface area contributed by atoms with Crippen molar-refractivity contribution in [3.05, 3.63) is 29.8 Å². The molecule has 2 unspecified atom stereocenters. The summed E-state index contributed by atoms with van der Waals surface area (Å²) in [4.78, 5) is 26.8. The number of urea groups is 1. The Morgan fingerprint density at radius 1 is 1.40 bits per heavy atom. The largest absolute Gasteiger partial charge is 0.480 e. The predicted octanol–water partition coefficient (Wildman–Crippen LogP) is 2.40. The SMILES string of the molecule is Cc1ccccc1N(C)C(=O)N1C(C)SCC1C(=O)O. The van der Waals surface area contributed by atoms with Crippen molar-refractivity contribution < 1.29 is 14.7 Å². The molecule has 0 aromatic heterocycles. The number of hydrogen-bond acceptors (Lipinski definition) is 3. The lowest BCUT2D eigenvalue weighted by Crippen LogP contribution is -2.50. The van der Waals surface area contributed by atoms with Crippen LogP contribution in [0.2, 0.25) is 0 Å². The average Bonchev–Trinajstić information content (AvgIpc) is 2.80. The highest BCUT2D eigenvalue weighted by Crippen LogP contribution is 2.31. The van der Waals surface area contributed by atoms with Crippen LogP contribution in [0.5, 0.6) is 0 Å². The van der Waals surface area contributed by atoms with E-state index in [1.807, 2.05) is 38.1 Å². The lowest BCUT2D eigenvalue weighted by molar-refractivity contribution is -0.141. The first-order valence-electron chi connectivity index (χ1n) is 6.39. The van der Waals surface area contributed by atoms with Gasteiger partial charge in [-0.2, -0.15) is 0 Å². The quantitative estimate of drug-likeness (QED) is 0.910. The van der Waals surface area contributed by atoms with Crippen LogP contribution in [0.3, 0.4) is 0 Å². The van der Waals surface area contributed by atoms with Crippen LogP contribution < -0.4 is 4.90 Å². The minimum atomic E-state index is -0.951. The second-order valence-electron chi connectivity index (χ2n) is 4.82. The van der Waals surface area contributed by atoms with Crippen LogP contribution in [0, 0.1) is 6.92 Å². The first kappa shape index (κ1) is 14.7. The molecule has 1 aromatic rings. The van der Waals surface area contributed by atoms with Crippen molar-refractivity contribution in [2.75, 3.05) is 17.7 Å². The number of anilines is 1. The van der Waals surface area contributed by atoms with Crippen LogP contribution in [0.4, 0.5) is 10.5 Å². The number of benzene rings is 1. The van der Waals surface area contributed by atoms with Crippen LogP contribution in [-0.4, -0.2) is 46.2 Å². The molecule has 0 saturated carbocycles. The monoisotopic (exact) mass is 294 g/mol. The Hall–Kier alpha value is -1.69. The number of hydrogen-bond donors (Lipinski definition) is 1. The highest BCUT2D eigenvalue weighted by atomic mass is 32.2. The normalized spacial score (nSPS) is 21.9. The summed E-state index contributed by atoms with van der Waals surface area (Å²) in [6, 6.07) is 6.53. The molecule has 1 heterocycles. The standard InChI is InChI=1S/C14H18N2O3S/c1-9-6-4-5-7-11(9)15(3)14(19)16-10(2)20-8-12(16)13(17)18/h4-7,10,12H,8H2,1-3H3,(H,17,18). The van der Waals surface area contributed by atoms with Gasteiger partial charge in [0.1, 0.15) is 6.04 Å². The molecule has 1 N–H and O–H groups in total. The number of aliphatic carboxylic acids is 1. The predicted molar refractivity (Wildman–Crippen MR) is 80.2 cm³/mol. The molecule has 1 aliphatic heterocycles. The van der Waals surface area contributed by atoms with E-state index in [1.54, 1.807) is 7.05 Å². The van der Waals surface area contributed by atoms with Crippen LogP contribution in [0.25, 0.3) is 0 Å². The van der Waals surface area contributed by atoms with Gasteiger partial charge in [0.05, 0.1) is 5.37 Å². The summed E-state index contributed by atoms with van der Waals surface area (Å²) in [5.41, 5.74) is 1.78. The third kappa shape index (κ3) is 2.60. The lowest BCUT2D eigenvalue weighted by Gasteiger charge is -2.30. The second-order valence-corrected chi connectivity index (χ2v) is 6.17. The van der Waals surface area contributed by atoms with Gasteiger partial charge in [-0.25, -0.2) is 9.59 Å². The number of nitrogens with zero attached hydrogens (tertiary/aromatic N) is 2. The van der Waals surface area contributed by atoms with E-state index in [2.05, 4.69) is 0 Å². The van der Waals surface area contributed by atoms with E-state index >= 15 is 0 Å². The van der Waals surface area contributed by atoms with Gasteiger partial charge in [-0.1, -0.05) is 18.2 Å². The number of carbonyl (C=O) groups excluding carboxylic acids is 1. The van der Waals surface area contributed by atoms with Crippen LogP contribution in [0.1, 0.15) is 12.5 Å².